The Morgan fingerprint density at radius 1 is 1.31 bits per heavy atom. The molecule has 0 atom stereocenters. The van der Waals surface area contributed by atoms with Gasteiger partial charge in [0.1, 0.15) is 0 Å². The van der Waals surface area contributed by atoms with E-state index in [4.69, 9.17) is 4.52 Å². The molecular weight excluding hydrogens is 315 g/mol. The summed E-state index contributed by atoms with van der Waals surface area (Å²) in [4.78, 5) is 0. The number of piperidine rings is 1. The van der Waals surface area contributed by atoms with Crippen molar-refractivity contribution >= 4 is 33.6 Å². The predicted octanol–water partition coefficient (Wildman–Crippen LogP) is 2.90. The predicted molar refractivity (Wildman–Crippen MR) is 71.6 cm³/mol. The normalized spacial score (nSPS) is 18.1. The first kappa shape index (κ1) is 10.5. The second kappa shape index (κ2) is 4.33. The third-order valence-corrected chi connectivity index (χ3v) is 3.86. The van der Waals surface area contributed by atoms with Gasteiger partial charge >= 0.3 is 0 Å². The van der Waals surface area contributed by atoms with Crippen LogP contribution in [0, 0.1) is 3.57 Å². The average Bonchev–Trinajstić information content (AvgIpc) is 2.73. The molecule has 0 saturated carbocycles. The van der Waals surface area contributed by atoms with Crippen molar-refractivity contribution in [3.05, 3.63) is 27.5 Å². The molecule has 3 nitrogen and oxygen atoms in total. The van der Waals surface area contributed by atoms with E-state index in [9.17, 15) is 0 Å². The van der Waals surface area contributed by atoms with Gasteiger partial charge in [0.25, 0.3) is 0 Å². The van der Waals surface area contributed by atoms with Gasteiger partial charge in [0.15, 0.2) is 5.58 Å². The summed E-state index contributed by atoms with van der Waals surface area (Å²) in [6, 6.07) is 6.29. The highest BCUT2D eigenvalue weighted by Crippen LogP contribution is 2.31. The number of rotatable bonds is 1. The molecule has 1 aromatic heterocycles. The molecule has 1 aromatic carbocycles. The molecule has 0 radical (unpaired) electrons. The van der Waals surface area contributed by atoms with Crippen molar-refractivity contribution in [3.63, 3.8) is 0 Å². The molecule has 1 fully saturated rings. The summed E-state index contributed by atoms with van der Waals surface area (Å²) in [5.41, 5.74) is 2.06. The molecule has 2 heterocycles. The summed E-state index contributed by atoms with van der Waals surface area (Å²) >= 11 is 2.29. The highest BCUT2D eigenvalue weighted by molar-refractivity contribution is 14.1. The van der Waals surface area contributed by atoms with Gasteiger partial charge in [-0.1, -0.05) is 5.16 Å². The Hall–Kier alpha value is -0.620. The number of hydrogen-bond acceptors (Lipinski definition) is 3. The maximum absolute atomic E-state index is 5.41. The standard InChI is InChI=1S/C12H13IN2O/c13-9-1-2-10-11(7-9)16-15-12(10)8-3-5-14-6-4-8/h1-2,7-8,14H,3-6H2. The second-order valence-corrected chi connectivity index (χ2v) is 5.48. The van der Waals surface area contributed by atoms with Gasteiger partial charge in [-0.05, 0) is 66.7 Å². The molecule has 4 heteroatoms. The summed E-state index contributed by atoms with van der Waals surface area (Å²) in [5, 5.41) is 8.82. The van der Waals surface area contributed by atoms with Gasteiger partial charge in [-0.25, -0.2) is 0 Å². The average molecular weight is 328 g/mol. The molecule has 1 aliphatic rings. The van der Waals surface area contributed by atoms with Crippen molar-refractivity contribution in [2.75, 3.05) is 13.1 Å². The molecule has 0 amide bonds. The van der Waals surface area contributed by atoms with Crippen LogP contribution in [-0.4, -0.2) is 18.2 Å². The fourth-order valence-electron chi connectivity index (χ4n) is 2.32. The molecule has 0 unspecified atom stereocenters. The van der Waals surface area contributed by atoms with Crippen LogP contribution in [0.1, 0.15) is 24.5 Å². The largest absolute Gasteiger partial charge is 0.356 e. The van der Waals surface area contributed by atoms with Gasteiger partial charge in [-0.3, -0.25) is 0 Å². The number of nitrogens with one attached hydrogen (secondary N) is 1. The quantitative estimate of drug-likeness (QED) is 0.818. The molecule has 16 heavy (non-hydrogen) atoms. The Labute approximate surface area is 108 Å². The Morgan fingerprint density at radius 2 is 2.12 bits per heavy atom. The third kappa shape index (κ3) is 1.84. The molecule has 1 saturated heterocycles. The number of hydrogen-bond donors (Lipinski definition) is 1. The zero-order valence-electron chi connectivity index (χ0n) is 8.87. The lowest BCUT2D eigenvalue weighted by molar-refractivity contribution is 0.404. The molecule has 0 aliphatic carbocycles. The van der Waals surface area contributed by atoms with Crippen LogP contribution in [0.4, 0.5) is 0 Å². The van der Waals surface area contributed by atoms with Crippen LogP contribution in [-0.2, 0) is 0 Å². The number of benzene rings is 1. The summed E-state index contributed by atoms with van der Waals surface area (Å²) in [5.74, 6) is 0.558. The Kier molecular flexibility index (Phi) is 2.85. The maximum atomic E-state index is 5.41. The number of fused-ring (bicyclic) bond motifs is 1. The van der Waals surface area contributed by atoms with E-state index in [0.29, 0.717) is 5.92 Å². The number of halogens is 1. The van der Waals surface area contributed by atoms with Gasteiger partial charge in [0.05, 0.1) is 5.69 Å². The van der Waals surface area contributed by atoms with Crippen molar-refractivity contribution in [1.82, 2.24) is 10.5 Å². The number of nitrogens with zero attached hydrogens (tertiary/aromatic N) is 1. The zero-order valence-corrected chi connectivity index (χ0v) is 11.0. The van der Waals surface area contributed by atoms with E-state index < -0.39 is 0 Å². The highest BCUT2D eigenvalue weighted by atomic mass is 127. The molecule has 0 bridgehead atoms. The van der Waals surface area contributed by atoms with Crippen LogP contribution in [0.25, 0.3) is 11.0 Å². The van der Waals surface area contributed by atoms with Crippen molar-refractivity contribution in [3.8, 4) is 0 Å². The lowest BCUT2D eigenvalue weighted by Crippen LogP contribution is -2.26. The van der Waals surface area contributed by atoms with Crippen molar-refractivity contribution in [2.45, 2.75) is 18.8 Å². The minimum Gasteiger partial charge on any atom is -0.356 e. The van der Waals surface area contributed by atoms with E-state index in [2.05, 4.69) is 45.2 Å². The minimum absolute atomic E-state index is 0.558. The van der Waals surface area contributed by atoms with E-state index in [1.807, 2.05) is 6.07 Å². The highest BCUT2D eigenvalue weighted by Gasteiger charge is 2.21. The van der Waals surface area contributed by atoms with Crippen LogP contribution < -0.4 is 5.32 Å². The molecule has 1 N–H and O–H groups in total. The monoisotopic (exact) mass is 328 g/mol. The van der Waals surface area contributed by atoms with Gasteiger partial charge in [-0.15, -0.1) is 0 Å². The van der Waals surface area contributed by atoms with E-state index in [1.54, 1.807) is 0 Å². The van der Waals surface area contributed by atoms with Crippen LogP contribution in [0.15, 0.2) is 22.7 Å². The maximum Gasteiger partial charge on any atom is 0.168 e. The molecule has 1 aliphatic heterocycles. The first-order valence-corrected chi connectivity index (χ1v) is 6.68. The molecule has 0 spiro atoms. The fraction of sp³-hybridized carbons (Fsp3) is 0.417. The Bertz CT molecular complexity index is 503. The lowest BCUT2D eigenvalue weighted by Gasteiger charge is -2.20. The SMILES string of the molecule is Ic1ccc2c(C3CCNCC3)noc2c1. The third-order valence-electron chi connectivity index (χ3n) is 3.19. The Balaban J connectivity index is 2.03. The van der Waals surface area contributed by atoms with Gasteiger partial charge in [-0.2, -0.15) is 0 Å². The Morgan fingerprint density at radius 3 is 2.94 bits per heavy atom. The van der Waals surface area contributed by atoms with E-state index in [0.717, 1.165) is 37.2 Å². The minimum atomic E-state index is 0.558. The summed E-state index contributed by atoms with van der Waals surface area (Å²) in [6.07, 6.45) is 2.32. The van der Waals surface area contributed by atoms with Gasteiger partial charge < -0.3 is 9.84 Å². The first-order valence-electron chi connectivity index (χ1n) is 5.60. The number of aromatic nitrogens is 1. The van der Waals surface area contributed by atoms with Crippen molar-refractivity contribution in [2.24, 2.45) is 0 Å². The molecule has 84 valence electrons. The van der Waals surface area contributed by atoms with E-state index in [1.165, 1.54) is 8.96 Å². The van der Waals surface area contributed by atoms with Crippen LogP contribution in [0.2, 0.25) is 0 Å². The molecular formula is C12H13IN2O. The van der Waals surface area contributed by atoms with Gasteiger partial charge in [0, 0.05) is 14.9 Å². The van der Waals surface area contributed by atoms with Crippen molar-refractivity contribution in [1.29, 1.82) is 0 Å². The topological polar surface area (TPSA) is 38.1 Å². The van der Waals surface area contributed by atoms with E-state index in [-0.39, 0.29) is 0 Å². The van der Waals surface area contributed by atoms with Crippen LogP contribution in [0.5, 0.6) is 0 Å². The summed E-state index contributed by atoms with van der Waals surface area (Å²) in [7, 11) is 0. The van der Waals surface area contributed by atoms with Crippen LogP contribution in [0.3, 0.4) is 0 Å². The van der Waals surface area contributed by atoms with E-state index >= 15 is 0 Å². The van der Waals surface area contributed by atoms with Crippen molar-refractivity contribution < 1.29 is 4.52 Å². The first-order chi connectivity index (χ1) is 7.84. The zero-order chi connectivity index (χ0) is 11.0. The fourth-order valence-corrected chi connectivity index (χ4v) is 2.78. The second-order valence-electron chi connectivity index (χ2n) is 4.23. The van der Waals surface area contributed by atoms with Gasteiger partial charge in [0.2, 0.25) is 0 Å². The van der Waals surface area contributed by atoms with Crippen LogP contribution >= 0.6 is 22.6 Å². The summed E-state index contributed by atoms with van der Waals surface area (Å²) < 4.78 is 6.60. The summed E-state index contributed by atoms with van der Waals surface area (Å²) in [6.45, 7) is 2.17. The lowest BCUT2D eigenvalue weighted by atomic mass is 9.93. The molecule has 2 aromatic rings. The smallest absolute Gasteiger partial charge is 0.168 e. The molecule has 3 rings (SSSR count).